The predicted molar refractivity (Wildman–Crippen MR) is 72.8 cm³/mol. The molecule has 0 aliphatic carbocycles. The zero-order valence-electron chi connectivity index (χ0n) is 11.0. The molecule has 1 aromatic rings. The average molecular weight is 251 g/mol. The van der Waals surface area contributed by atoms with Crippen LogP contribution in [0.25, 0.3) is 0 Å². The van der Waals surface area contributed by atoms with Crippen molar-refractivity contribution in [2.45, 2.75) is 26.2 Å². The Labute approximate surface area is 108 Å². The molecule has 0 atom stereocenters. The van der Waals surface area contributed by atoms with Gasteiger partial charge in [0.15, 0.2) is 0 Å². The fourth-order valence-corrected chi connectivity index (χ4v) is 1.46. The van der Waals surface area contributed by atoms with Crippen LogP contribution in [0.2, 0.25) is 0 Å². The second-order valence-corrected chi connectivity index (χ2v) is 4.00. The molecular weight excluding hydrogens is 230 g/mol. The standard InChI is InChI=1S/C13H21N3O2/c1-3-5-13(17)16-11-6-7-12(15-10-11)14-8-4-9-18-2/h6-7,10H,3-5,8-9H2,1-2H3,(H,14,15)(H,16,17). The van der Waals surface area contributed by atoms with Crippen LogP contribution in [0.15, 0.2) is 18.3 Å². The summed E-state index contributed by atoms with van der Waals surface area (Å²) in [6.07, 6.45) is 3.98. The summed E-state index contributed by atoms with van der Waals surface area (Å²) in [5.74, 6) is 0.833. The Balaban J connectivity index is 2.35. The van der Waals surface area contributed by atoms with E-state index in [1.807, 2.05) is 19.1 Å². The van der Waals surface area contributed by atoms with Gasteiger partial charge in [-0.1, -0.05) is 6.92 Å². The van der Waals surface area contributed by atoms with Crippen molar-refractivity contribution in [2.75, 3.05) is 30.9 Å². The van der Waals surface area contributed by atoms with E-state index >= 15 is 0 Å². The van der Waals surface area contributed by atoms with Gasteiger partial charge in [-0.2, -0.15) is 0 Å². The lowest BCUT2D eigenvalue weighted by atomic mass is 10.3. The molecule has 2 N–H and O–H groups in total. The summed E-state index contributed by atoms with van der Waals surface area (Å²) in [5.41, 5.74) is 0.732. The molecule has 1 amide bonds. The number of carbonyl (C=O) groups excluding carboxylic acids is 1. The zero-order valence-corrected chi connectivity index (χ0v) is 11.0. The van der Waals surface area contributed by atoms with Gasteiger partial charge in [0.25, 0.3) is 0 Å². The Hall–Kier alpha value is -1.62. The minimum Gasteiger partial charge on any atom is -0.385 e. The van der Waals surface area contributed by atoms with Gasteiger partial charge in [-0.3, -0.25) is 4.79 Å². The zero-order chi connectivity index (χ0) is 13.2. The summed E-state index contributed by atoms with van der Waals surface area (Å²) in [6.45, 7) is 3.53. The number of rotatable bonds is 8. The molecule has 1 aromatic heterocycles. The number of carbonyl (C=O) groups is 1. The molecule has 0 unspecified atom stereocenters. The number of hydrogen-bond donors (Lipinski definition) is 2. The van der Waals surface area contributed by atoms with Crippen LogP contribution >= 0.6 is 0 Å². The van der Waals surface area contributed by atoms with Gasteiger partial charge in [0, 0.05) is 26.7 Å². The van der Waals surface area contributed by atoms with E-state index in [9.17, 15) is 4.79 Å². The van der Waals surface area contributed by atoms with E-state index < -0.39 is 0 Å². The van der Waals surface area contributed by atoms with Crippen molar-refractivity contribution in [1.82, 2.24) is 4.98 Å². The largest absolute Gasteiger partial charge is 0.385 e. The Morgan fingerprint density at radius 1 is 1.44 bits per heavy atom. The third-order valence-electron chi connectivity index (χ3n) is 2.36. The minimum atomic E-state index is 0.0279. The number of nitrogens with one attached hydrogen (secondary N) is 2. The van der Waals surface area contributed by atoms with E-state index in [0.717, 1.165) is 37.5 Å². The van der Waals surface area contributed by atoms with Gasteiger partial charge in [0.2, 0.25) is 5.91 Å². The first kappa shape index (κ1) is 14.4. The minimum absolute atomic E-state index is 0.0279. The lowest BCUT2D eigenvalue weighted by Crippen LogP contribution is -2.11. The van der Waals surface area contributed by atoms with E-state index in [0.29, 0.717) is 6.42 Å². The normalized spacial score (nSPS) is 10.1. The maximum absolute atomic E-state index is 11.4. The summed E-state index contributed by atoms with van der Waals surface area (Å²) in [7, 11) is 1.69. The van der Waals surface area contributed by atoms with E-state index in [-0.39, 0.29) is 5.91 Å². The van der Waals surface area contributed by atoms with Gasteiger partial charge in [0.1, 0.15) is 5.82 Å². The number of aromatic nitrogens is 1. The van der Waals surface area contributed by atoms with E-state index in [1.165, 1.54) is 0 Å². The first-order valence-electron chi connectivity index (χ1n) is 6.25. The fourth-order valence-electron chi connectivity index (χ4n) is 1.46. The Kier molecular flexibility index (Phi) is 6.79. The summed E-state index contributed by atoms with van der Waals surface area (Å²) >= 11 is 0. The smallest absolute Gasteiger partial charge is 0.224 e. The molecule has 5 nitrogen and oxygen atoms in total. The SMILES string of the molecule is CCCC(=O)Nc1ccc(NCCCOC)nc1. The van der Waals surface area contributed by atoms with Crippen LogP contribution < -0.4 is 10.6 Å². The molecule has 1 heterocycles. The molecular formula is C13H21N3O2. The van der Waals surface area contributed by atoms with E-state index in [2.05, 4.69) is 15.6 Å². The molecule has 18 heavy (non-hydrogen) atoms. The van der Waals surface area contributed by atoms with Gasteiger partial charge in [-0.05, 0) is 25.0 Å². The molecule has 0 saturated carbocycles. The highest BCUT2D eigenvalue weighted by molar-refractivity contribution is 5.90. The van der Waals surface area contributed by atoms with Gasteiger partial charge in [-0.25, -0.2) is 4.98 Å². The third kappa shape index (κ3) is 5.63. The quantitative estimate of drug-likeness (QED) is 0.696. The maximum atomic E-state index is 11.4. The summed E-state index contributed by atoms with van der Waals surface area (Å²) < 4.78 is 4.96. The van der Waals surface area contributed by atoms with Crippen LogP contribution in [0.1, 0.15) is 26.2 Å². The van der Waals surface area contributed by atoms with Crippen LogP contribution in [0.3, 0.4) is 0 Å². The van der Waals surface area contributed by atoms with Gasteiger partial charge >= 0.3 is 0 Å². The number of hydrogen-bond acceptors (Lipinski definition) is 4. The molecule has 0 fully saturated rings. The summed E-state index contributed by atoms with van der Waals surface area (Å²) in [5, 5.41) is 5.98. The molecule has 0 aliphatic heterocycles. The highest BCUT2D eigenvalue weighted by Gasteiger charge is 2.01. The highest BCUT2D eigenvalue weighted by atomic mass is 16.5. The number of anilines is 2. The van der Waals surface area contributed by atoms with Crippen molar-refractivity contribution < 1.29 is 9.53 Å². The first-order chi connectivity index (χ1) is 8.76. The van der Waals surface area contributed by atoms with Crippen molar-refractivity contribution in [1.29, 1.82) is 0 Å². The molecule has 0 aromatic carbocycles. The Morgan fingerprint density at radius 3 is 2.89 bits per heavy atom. The predicted octanol–water partition coefficient (Wildman–Crippen LogP) is 2.27. The number of pyridine rings is 1. The van der Waals surface area contributed by atoms with E-state index in [4.69, 9.17) is 4.74 Å². The first-order valence-corrected chi connectivity index (χ1v) is 6.25. The molecule has 0 aliphatic rings. The van der Waals surface area contributed by atoms with Crippen LogP contribution in [0.4, 0.5) is 11.5 Å². The lowest BCUT2D eigenvalue weighted by molar-refractivity contribution is -0.116. The van der Waals surface area contributed by atoms with Gasteiger partial charge in [0.05, 0.1) is 11.9 Å². The van der Waals surface area contributed by atoms with Crippen molar-refractivity contribution in [3.8, 4) is 0 Å². The second kappa shape index (κ2) is 8.47. The molecule has 100 valence electrons. The topological polar surface area (TPSA) is 63.2 Å². The van der Waals surface area contributed by atoms with Crippen LogP contribution in [-0.2, 0) is 9.53 Å². The number of amides is 1. The van der Waals surface area contributed by atoms with Gasteiger partial charge in [-0.15, -0.1) is 0 Å². The molecule has 0 spiro atoms. The molecule has 0 radical (unpaired) electrons. The molecule has 0 saturated heterocycles. The second-order valence-electron chi connectivity index (χ2n) is 4.00. The van der Waals surface area contributed by atoms with Crippen LogP contribution in [-0.4, -0.2) is 31.2 Å². The number of ether oxygens (including phenoxy) is 1. The van der Waals surface area contributed by atoms with Gasteiger partial charge < -0.3 is 15.4 Å². The summed E-state index contributed by atoms with van der Waals surface area (Å²) in [4.78, 5) is 15.6. The van der Waals surface area contributed by atoms with E-state index in [1.54, 1.807) is 13.3 Å². The van der Waals surface area contributed by atoms with Crippen molar-refractivity contribution >= 4 is 17.4 Å². The number of nitrogens with zero attached hydrogens (tertiary/aromatic N) is 1. The van der Waals surface area contributed by atoms with Crippen molar-refractivity contribution in [3.05, 3.63) is 18.3 Å². The molecule has 1 rings (SSSR count). The molecule has 0 bridgehead atoms. The Bertz CT molecular complexity index is 352. The lowest BCUT2D eigenvalue weighted by Gasteiger charge is -2.07. The third-order valence-corrected chi connectivity index (χ3v) is 2.36. The molecule has 5 heteroatoms. The van der Waals surface area contributed by atoms with Crippen molar-refractivity contribution in [3.63, 3.8) is 0 Å². The monoisotopic (exact) mass is 251 g/mol. The number of methoxy groups -OCH3 is 1. The van der Waals surface area contributed by atoms with Crippen LogP contribution in [0.5, 0.6) is 0 Å². The maximum Gasteiger partial charge on any atom is 0.224 e. The highest BCUT2D eigenvalue weighted by Crippen LogP contribution is 2.10. The Morgan fingerprint density at radius 2 is 2.28 bits per heavy atom. The fraction of sp³-hybridized carbons (Fsp3) is 0.538. The van der Waals surface area contributed by atoms with Crippen LogP contribution in [0, 0.1) is 0 Å². The van der Waals surface area contributed by atoms with Crippen molar-refractivity contribution in [2.24, 2.45) is 0 Å². The summed E-state index contributed by atoms with van der Waals surface area (Å²) in [6, 6.07) is 3.70. The average Bonchev–Trinajstić information content (AvgIpc) is 2.37.